The molecule has 0 aliphatic heterocycles. The van der Waals surface area contributed by atoms with Gasteiger partial charge >= 0.3 is 0 Å². The number of aliphatic hydroxyl groups excluding tert-OH is 1. The number of hydrogen-bond donors (Lipinski definition) is 2. The van der Waals surface area contributed by atoms with Crippen molar-refractivity contribution in [1.29, 1.82) is 5.26 Å². The van der Waals surface area contributed by atoms with E-state index >= 15 is 0 Å². The molecule has 0 radical (unpaired) electrons. The highest BCUT2D eigenvalue weighted by atomic mass is 16.3. The summed E-state index contributed by atoms with van der Waals surface area (Å²) in [6, 6.07) is 12.8. The summed E-state index contributed by atoms with van der Waals surface area (Å²) < 4.78 is 0. The van der Waals surface area contributed by atoms with Crippen molar-refractivity contribution < 1.29 is 5.11 Å². The summed E-state index contributed by atoms with van der Waals surface area (Å²) >= 11 is 0. The van der Waals surface area contributed by atoms with Crippen LogP contribution in [0.2, 0.25) is 0 Å². The summed E-state index contributed by atoms with van der Waals surface area (Å²) in [7, 11) is 0. The summed E-state index contributed by atoms with van der Waals surface area (Å²) in [5.41, 5.74) is 0.783. The smallest absolute Gasteiger partial charge is 0.0852 e. The minimum absolute atomic E-state index is 0.288. The van der Waals surface area contributed by atoms with Gasteiger partial charge in [-0.3, -0.25) is 0 Å². The molecule has 0 saturated heterocycles. The van der Waals surface area contributed by atoms with Crippen molar-refractivity contribution in [2.45, 2.75) is 50.7 Å². The molecule has 0 spiro atoms. The van der Waals surface area contributed by atoms with Gasteiger partial charge in [-0.05, 0) is 30.7 Å². The van der Waals surface area contributed by atoms with Crippen LogP contribution in [-0.2, 0) is 5.41 Å². The predicted octanol–water partition coefficient (Wildman–Crippen LogP) is 2.61. The Balaban J connectivity index is 1.83. The molecule has 0 bridgehead atoms. The minimum atomic E-state index is -0.331. The quantitative estimate of drug-likeness (QED) is 0.837. The molecule has 20 heavy (non-hydrogen) atoms. The first-order valence-corrected chi connectivity index (χ1v) is 7.44. The molecule has 2 N–H and O–H groups in total. The molecule has 1 aliphatic carbocycles. The fraction of sp³-hybridized carbons (Fsp3) is 0.588. The Morgan fingerprint density at radius 2 is 2.00 bits per heavy atom. The summed E-state index contributed by atoms with van der Waals surface area (Å²) in [5.74, 6) is 0.510. The molecule has 1 unspecified atom stereocenters. The van der Waals surface area contributed by atoms with Crippen molar-refractivity contribution in [2.75, 3.05) is 6.54 Å². The first-order chi connectivity index (χ1) is 9.55. The Kier molecular flexibility index (Phi) is 4.80. The SMILES string of the molecule is CC(C)CC(O)CNC1CC(C#N)(c2ccccc2)C1. The van der Waals surface area contributed by atoms with Crippen molar-refractivity contribution in [2.24, 2.45) is 5.92 Å². The van der Waals surface area contributed by atoms with Gasteiger partial charge < -0.3 is 10.4 Å². The molecule has 3 nitrogen and oxygen atoms in total. The van der Waals surface area contributed by atoms with E-state index < -0.39 is 0 Å². The number of nitrogens with one attached hydrogen (secondary N) is 1. The topological polar surface area (TPSA) is 56.0 Å². The lowest BCUT2D eigenvalue weighted by atomic mass is 9.62. The third-order valence-electron chi connectivity index (χ3n) is 4.12. The first kappa shape index (κ1) is 15.0. The van der Waals surface area contributed by atoms with Crippen LogP contribution in [0, 0.1) is 17.2 Å². The maximum atomic E-state index is 9.86. The van der Waals surface area contributed by atoms with Gasteiger partial charge in [0.1, 0.15) is 0 Å². The molecule has 0 heterocycles. The van der Waals surface area contributed by atoms with E-state index in [0.29, 0.717) is 18.5 Å². The number of aliphatic hydroxyl groups is 1. The van der Waals surface area contributed by atoms with E-state index in [0.717, 1.165) is 24.8 Å². The lowest BCUT2D eigenvalue weighted by molar-refractivity contribution is 0.126. The highest BCUT2D eigenvalue weighted by molar-refractivity contribution is 5.36. The van der Waals surface area contributed by atoms with Crippen LogP contribution in [0.15, 0.2) is 30.3 Å². The molecule has 1 atom stereocenters. The van der Waals surface area contributed by atoms with Crippen LogP contribution in [0.4, 0.5) is 0 Å². The first-order valence-electron chi connectivity index (χ1n) is 7.44. The Morgan fingerprint density at radius 1 is 1.35 bits per heavy atom. The van der Waals surface area contributed by atoms with Gasteiger partial charge in [0.05, 0.1) is 17.6 Å². The maximum absolute atomic E-state index is 9.86. The van der Waals surface area contributed by atoms with Gasteiger partial charge in [-0.15, -0.1) is 0 Å². The molecule has 1 aromatic carbocycles. The molecular weight excluding hydrogens is 248 g/mol. The van der Waals surface area contributed by atoms with E-state index in [1.54, 1.807) is 0 Å². The van der Waals surface area contributed by atoms with Crippen molar-refractivity contribution in [3.05, 3.63) is 35.9 Å². The largest absolute Gasteiger partial charge is 0.392 e. The Hall–Kier alpha value is -1.37. The fourth-order valence-corrected chi connectivity index (χ4v) is 3.00. The molecule has 3 heteroatoms. The van der Waals surface area contributed by atoms with Crippen molar-refractivity contribution in [1.82, 2.24) is 5.32 Å². The van der Waals surface area contributed by atoms with Gasteiger partial charge in [-0.1, -0.05) is 44.2 Å². The van der Waals surface area contributed by atoms with Crippen LogP contribution in [0.5, 0.6) is 0 Å². The van der Waals surface area contributed by atoms with Crippen molar-refractivity contribution in [3.63, 3.8) is 0 Å². The summed E-state index contributed by atoms with van der Waals surface area (Å²) in [6.45, 7) is 4.85. The zero-order chi connectivity index (χ0) is 14.6. The van der Waals surface area contributed by atoms with Crippen molar-refractivity contribution in [3.8, 4) is 6.07 Å². The van der Waals surface area contributed by atoms with Gasteiger partial charge in [0.2, 0.25) is 0 Å². The average molecular weight is 272 g/mol. The third-order valence-corrected chi connectivity index (χ3v) is 4.12. The maximum Gasteiger partial charge on any atom is 0.0852 e. The molecular formula is C17H24N2O. The van der Waals surface area contributed by atoms with Gasteiger partial charge in [-0.25, -0.2) is 0 Å². The standard InChI is InChI=1S/C17H24N2O/c1-13(2)8-16(20)11-19-15-9-17(10-15,12-18)14-6-4-3-5-7-14/h3-7,13,15-16,19-20H,8-11H2,1-2H3. The van der Waals surface area contributed by atoms with Crippen LogP contribution in [0.1, 0.15) is 38.7 Å². The molecule has 1 fully saturated rings. The third kappa shape index (κ3) is 3.39. The number of rotatable bonds is 6. The van der Waals surface area contributed by atoms with Crippen molar-refractivity contribution >= 4 is 0 Å². The van der Waals surface area contributed by atoms with E-state index in [1.165, 1.54) is 0 Å². The molecule has 0 amide bonds. The summed E-state index contributed by atoms with van der Waals surface area (Å²) in [6.07, 6.45) is 2.20. The van der Waals surface area contributed by atoms with E-state index in [-0.39, 0.29) is 11.5 Å². The van der Waals surface area contributed by atoms with Crippen LogP contribution in [0.3, 0.4) is 0 Å². The molecule has 0 aromatic heterocycles. The molecule has 1 saturated carbocycles. The van der Waals surface area contributed by atoms with Crippen LogP contribution in [-0.4, -0.2) is 23.8 Å². The van der Waals surface area contributed by atoms with Gasteiger partial charge in [0.15, 0.2) is 0 Å². The molecule has 1 aromatic rings. The Labute approximate surface area is 121 Å². The second-order valence-electron chi connectivity index (χ2n) is 6.36. The second kappa shape index (κ2) is 6.39. The molecule has 2 rings (SSSR count). The van der Waals surface area contributed by atoms with E-state index in [2.05, 4.69) is 25.2 Å². The zero-order valence-electron chi connectivity index (χ0n) is 12.3. The zero-order valence-corrected chi connectivity index (χ0v) is 12.3. The predicted molar refractivity (Wildman–Crippen MR) is 80.2 cm³/mol. The molecule has 1 aliphatic rings. The van der Waals surface area contributed by atoms with Crippen LogP contribution in [0.25, 0.3) is 0 Å². The highest BCUT2D eigenvalue weighted by Crippen LogP contribution is 2.43. The van der Waals surface area contributed by atoms with Crippen LogP contribution < -0.4 is 5.32 Å². The van der Waals surface area contributed by atoms with Crippen LogP contribution >= 0.6 is 0 Å². The lowest BCUT2D eigenvalue weighted by Crippen LogP contribution is -2.52. The van der Waals surface area contributed by atoms with Gasteiger partial charge in [-0.2, -0.15) is 5.26 Å². The number of nitriles is 1. The fourth-order valence-electron chi connectivity index (χ4n) is 3.00. The van der Waals surface area contributed by atoms with E-state index in [1.807, 2.05) is 30.3 Å². The number of benzene rings is 1. The van der Waals surface area contributed by atoms with E-state index in [4.69, 9.17) is 0 Å². The van der Waals surface area contributed by atoms with Gasteiger partial charge in [0, 0.05) is 12.6 Å². The number of hydrogen-bond acceptors (Lipinski definition) is 3. The monoisotopic (exact) mass is 272 g/mol. The normalized spacial score (nSPS) is 26.9. The summed E-state index contributed by atoms with van der Waals surface area (Å²) in [4.78, 5) is 0. The number of nitrogens with zero attached hydrogens (tertiary/aromatic N) is 1. The molecule has 108 valence electrons. The second-order valence-corrected chi connectivity index (χ2v) is 6.36. The lowest BCUT2D eigenvalue weighted by Gasteiger charge is -2.43. The average Bonchev–Trinajstić information content (AvgIpc) is 2.38. The van der Waals surface area contributed by atoms with E-state index in [9.17, 15) is 10.4 Å². The Bertz CT molecular complexity index is 458. The Morgan fingerprint density at radius 3 is 2.55 bits per heavy atom. The van der Waals surface area contributed by atoms with Gasteiger partial charge in [0.25, 0.3) is 0 Å². The summed E-state index contributed by atoms with van der Waals surface area (Å²) in [5, 5.41) is 22.7. The highest BCUT2D eigenvalue weighted by Gasteiger charge is 2.45. The minimum Gasteiger partial charge on any atom is -0.392 e.